The zero-order valence-corrected chi connectivity index (χ0v) is 14.4. The van der Waals surface area contributed by atoms with E-state index in [-0.39, 0.29) is 0 Å². The second-order valence-corrected chi connectivity index (χ2v) is 6.45. The Balaban J connectivity index is 1.52. The average molecular weight is 317 g/mol. The molecule has 0 saturated heterocycles. The predicted molar refractivity (Wildman–Crippen MR) is 98.0 cm³/mol. The molecule has 1 aliphatic carbocycles. The maximum atomic E-state index is 5.93. The van der Waals surface area contributed by atoms with Crippen LogP contribution in [-0.4, -0.2) is 25.2 Å². The molecule has 0 bridgehead atoms. The summed E-state index contributed by atoms with van der Waals surface area (Å²) in [7, 11) is 0. The number of nitrogens with zero attached hydrogens (tertiary/aromatic N) is 1. The van der Waals surface area contributed by atoms with Crippen LogP contribution in [0.2, 0.25) is 0 Å². The molecule has 1 saturated carbocycles. The van der Waals surface area contributed by atoms with Crippen molar-refractivity contribution in [1.82, 2.24) is 0 Å². The Labute approximate surface area is 140 Å². The van der Waals surface area contributed by atoms with Crippen molar-refractivity contribution in [1.29, 1.82) is 0 Å². The third kappa shape index (κ3) is 7.51. The molecule has 0 aromatic heterocycles. The predicted octanol–water partition coefficient (Wildman–Crippen LogP) is 4.24. The van der Waals surface area contributed by atoms with E-state index < -0.39 is 0 Å². The first-order valence-corrected chi connectivity index (χ1v) is 8.99. The smallest absolute Gasteiger partial charge is 0.193 e. The van der Waals surface area contributed by atoms with Crippen LogP contribution in [-0.2, 0) is 4.74 Å². The Kier molecular flexibility index (Phi) is 7.95. The van der Waals surface area contributed by atoms with Crippen molar-refractivity contribution in [3.63, 3.8) is 0 Å². The minimum Gasteiger partial charge on any atom is -0.378 e. The van der Waals surface area contributed by atoms with Crippen molar-refractivity contribution in [2.75, 3.05) is 18.5 Å². The highest BCUT2D eigenvalue weighted by atomic mass is 16.5. The summed E-state index contributed by atoms with van der Waals surface area (Å²) in [5.74, 6) is 0.494. The lowest BCUT2D eigenvalue weighted by atomic mass is 9.98. The van der Waals surface area contributed by atoms with Gasteiger partial charge in [0.25, 0.3) is 0 Å². The number of nitrogens with two attached hydrogens (primary N) is 1. The van der Waals surface area contributed by atoms with Gasteiger partial charge in [-0.3, -0.25) is 4.99 Å². The molecule has 1 aromatic rings. The average Bonchev–Trinajstić information content (AvgIpc) is 2.55. The van der Waals surface area contributed by atoms with Crippen LogP contribution in [0.4, 0.5) is 5.69 Å². The Morgan fingerprint density at radius 2 is 2.04 bits per heavy atom. The van der Waals surface area contributed by atoms with Crippen LogP contribution in [0.1, 0.15) is 56.9 Å². The number of benzene rings is 1. The maximum Gasteiger partial charge on any atom is 0.193 e. The van der Waals surface area contributed by atoms with Gasteiger partial charge >= 0.3 is 0 Å². The van der Waals surface area contributed by atoms with E-state index in [1.165, 1.54) is 37.7 Å². The van der Waals surface area contributed by atoms with Gasteiger partial charge in [-0.1, -0.05) is 31.4 Å². The Hall–Kier alpha value is -1.55. The quantitative estimate of drug-likeness (QED) is 0.428. The first kappa shape index (κ1) is 17.8. The highest BCUT2D eigenvalue weighted by Crippen LogP contribution is 2.20. The van der Waals surface area contributed by atoms with Crippen LogP contribution in [0.15, 0.2) is 29.3 Å². The van der Waals surface area contributed by atoms with E-state index in [0.29, 0.717) is 12.1 Å². The number of hydrogen-bond acceptors (Lipinski definition) is 2. The van der Waals surface area contributed by atoms with Crippen LogP contribution < -0.4 is 11.1 Å². The maximum absolute atomic E-state index is 5.93. The van der Waals surface area contributed by atoms with Crippen molar-refractivity contribution >= 4 is 11.6 Å². The molecule has 0 heterocycles. The normalized spacial score (nSPS) is 16.5. The van der Waals surface area contributed by atoms with E-state index in [9.17, 15) is 0 Å². The van der Waals surface area contributed by atoms with E-state index in [0.717, 1.165) is 38.1 Å². The molecule has 0 atom stereocenters. The molecule has 3 N–H and O–H groups in total. The molecule has 1 fully saturated rings. The number of ether oxygens (including phenoxy) is 1. The van der Waals surface area contributed by atoms with Gasteiger partial charge < -0.3 is 15.8 Å². The number of hydrogen-bond donors (Lipinski definition) is 2. The third-order valence-electron chi connectivity index (χ3n) is 4.28. The van der Waals surface area contributed by atoms with Crippen molar-refractivity contribution in [2.24, 2.45) is 10.7 Å². The van der Waals surface area contributed by atoms with E-state index in [1.807, 2.05) is 12.1 Å². The summed E-state index contributed by atoms with van der Waals surface area (Å²) < 4.78 is 5.93. The topological polar surface area (TPSA) is 59.6 Å². The van der Waals surface area contributed by atoms with E-state index >= 15 is 0 Å². The largest absolute Gasteiger partial charge is 0.378 e. The zero-order chi connectivity index (χ0) is 16.3. The third-order valence-corrected chi connectivity index (χ3v) is 4.28. The van der Waals surface area contributed by atoms with Crippen molar-refractivity contribution in [2.45, 2.75) is 64.4 Å². The molecule has 2 rings (SSSR count). The van der Waals surface area contributed by atoms with Crippen molar-refractivity contribution in [3.05, 3.63) is 29.8 Å². The Morgan fingerprint density at radius 3 is 2.83 bits per heavy atom. The van der Waals surface area contributed by atoms with Crippen LogP contribution in [0.3, 0.4) is 0 Å². The second kappa shape index (κ2) is 10.3. The zero-order valence-electron chi connectivity index (χ0n) is 14.4. The molecule has 0 spiro atoms. The van der Waals surface area contributed by atoms with Crippen LogP contribution in [0, 0.1) is 6.92 Å². The number of nitrogens with one attached hydrogen (secondary N) is 1. The van der Waals surface area contributed by atoms with Gasteiger partial charge in [-0.15, -0.1) is 0 Å². The van der Waals surface area contributed by atoms with Gasteiger partial charge in [0.15, 0.2) is 5.96 Å². The first-order valence-electron chi connectivity index (χ1n) is 8.99. The lowest BCUT2D eigenvalue weighted by molar-refractivity contribution is 0.0264. The molecular weight excluding hydrogens is 286 g/mol. The summed E-state index contributed by atoms with van der Waals surface area (Å²) in [6, 6.07) is 8.13. The summed E-state index contributed by atoms with van der Waals surface area (Å²) in [6.45, 7) is 3.73. The van der Waals surface area contributed by atoms with Crippen LogP contribution >= 0.6 is 0 Å². The van der Waals surface area contributed by atoms with Gasteiger partial charge in [0, 0.05) is 18.8 Å². The van der Waals surface area contributed by atoms with Crippen molar-refractivity contribution < 1.29 is 4.74 Å². The Bertz CT molecular complexity index is 481. The fourth-order valence-corrected chi connectivity index (χ4v) is 2.98. The van der Waals surface area contributed by atoms with Gasteiger partial charge in [-0.05, 0) is 56.7 Å². The van der Waals surface area contributed by atoms with Crippen molar-refractivity contribution in [3.8, 4) is 0 Å². The molecule has 0 radical (unpaired) electrons. The van der Waals surface area contributed by atoms with Gasteiger partial charge in [0.05, 0.1) is 6.10 Å². The number of aliphatic imine (C=N–C) groups is 1. The lowest BCUT2D eigenvalue weighted by Crippen LogP contribution is -2.22. The van der Waals surface area contributed by atoms with E-state index in [1.54, 1.807) is 0 Å². The molecule has 4 heteroatoms. The molecule has 0 aliphatic heterocycles. The van der Waals surface area contributed by atoms with Gasteiger partial charge in [-0.25, -0.2) is 0 Å². The molecule has 128 valence electrons. The molecule has 1 aromatic carbocycles. The first-order chi connectivity index (χ1) is 11.2. The minimum absolute atomic E-state index is 0.494. The van der Waals surface area contributed by atoms with Crippen LogP contribution in [0.5, 0.6) is 0 Å². The van der Waals surface area contributed by atoms with Gasteiger partial charge in [-0.2, -0.15) is 0 Å². The SMILES string of the molecule is Cc1cccc(NC(N)=NCCCCCOC2CCCCC2)c1. The molecule has 1 aliphatic rings. The number of anilines is 1. The summed E-state index contributed by atoms with van der Waals surface area (Å²) in [5, 5.41) is 3.13. The van der Waals surface area contributed by atoms with E-state index in [4.69, 9.17) is 10.5 Å². The summed E-state index contributed by atoms with van der Waals surface area (Å²) in [4.78, 5) is 4.38. The van der Waals surface area contributed by atoms with Crippen LogP contribution in [0.25, 0.3) is 0 Å². The van der Waals surface area contributed by atoms with Gasteiger partial charge in [0.1, 0.15) is 0 Å². The number of aryl methyl sites for hydroxylation is 1. The standard InChI is InChI=1S/C19H31N3O/c1-16-9-8-10-17(15-16)22-19(20)21-13-6-3-7-14-23-18-11-4-2-5-12-18/h8-10,15,18H,2-7,11-14H2,1H3,(H3,20,21,22). The molecular formula is C19H31N3O. The number of rotatable bonds is 8. The fourth-order valence-electron chi connectivity index (χ4n) is 2.98. The van der Waals surface area contributed by atoms with Gasteiger partial charge in [0.2, 0.25) is 0 Å². The highest BCUT2D eigenvalue weighted by molar-refractivity contribution is 5.92. The number of unbranched alkanes of at least 4 members (excludes halogenated alkanes) is 2. The second-order valence-electron chi connectivity index (χ2n) is 6.45. The monoisotopic (exact) mass is 317 g/mol. The number of guanidine groups is 1. The fraction of sp³-hybridized carbons (Fsp3) is 0.632. The summed E-state index contributed by atoms with van der Waals surface area (Å²) in [6.07, 6.45) is 10.4. The molecule has 4 nitrogen and oxygen atoms in total. The molecule has 23 heavy (non-hydrogen) atoms. The lowest BCUT2D eigenvalue weighted by Gasteiger charge is -2.21. The molecule has 0 unspecified atom stereocenters. The minimum atomic E-state index is 0.494. The molecule has 0 amide bonds. The summed E-state index contributed by atoms with van der Waals surface area (Å²) in [5.41, 5.74) is 8.11. The summed E-state index contributed by atoms with van der Waals surface area (Å²) >= 11 is 0. The highest BCUT2D eigenvalue weighted by Gasteiger charge is 2.12. The van der Waals surface area contributed by atoms with E-state index in [2.05, 4.69) is 29.4 Å². The Morgan fingerprint density at radius 1 is 1.22 bits per heavy atom.